The fourth-order valence-electron chi connectivity index (χ4n) is 2.97. The van der Waals surface area contributed by atoms with Gasteiger partial charge in [0.05, 0.1) is 5.56 Å². The average molecular weight is 391 g/mol. The van der Waals surface area contributed by atoms with Gasteiger partial charge in [-0.2, -0.15) is 0 Å². The van der Waals surface area contributed by atoms with E-state index >= 15 is 0 Å². The molecule has 8 heteroatoms. The summed E-state index contributed by atoms with van der Waals surface area (Å²) in [7, 11) is 0. The molecular formula is C17H15ClN4OS2. The van der Waals surface area contributed by atoms with Gasteiger partial charge < -0.3 is 4.98 Å². The zero-order valence-electron chi connectivity index (χ0n) is 13.2. The molecule has 0 unspecified atom stereocenters. The molecule has 0 saturated heterocycles. The van der Waals surface area contributed by atoms with E-state index in [0.717, 1.165) is 46.4 Å². The second-order valence-corrected chi connectivity index (χ2v) is 7.92. The highest BCUT2D eigenvalue weighted by molar-refractivity contribution is 7.71. The van der Waals surface area contributed by atoms with Gasteiger partial charge in [0.15, 0.2) is 4.77 Å². The lowest BCUT2D eigenvalue weighted by molar-refractivity contribution is 0.243. The summed E-state index contributed by atoms with van der Waals surface area (Å²) in [6.07, 6.45) is 2.71. The molecule has 0 atom stereocenters. The largest absolute Gasteiger partial charge is 0.335 e. The number of benzene rings is 1. The van der Waals surface area contributed by atoms with Crippen LogP contribution >= 0.6 is 35.2 Å². The van der Waals surface area contributed by atoms with Crippen LogP contribution in [0.25, 0.3) is 10.6 Å². The van der Waals surface area contributed by atoms with E-state index in [9.17, 15) is 4.79 Å². The molecule has 25 heavy (non-hydrogen) atoms. The van der Waals surface area contributed by atoms with Crippen LogP contribution in [0.5, 0.6) is 0 Å². The number of halogens is 1. The maximum atomic E-state index is 12.1. The fourth-order valence-corrected chi connectivity index (χ4v) is 4.28. The molecule has 1 aromatic carbocycles. The van der Waals surface area contributed by atoms with Crippen molar-refractivity contribution in [3.8, 4) is 10.6 Å². The van der Waals surface area contributed by atoms with Gasteiger partial charge in [0.1, 0.15) is 5.01 Å². The first kappa shape index (κ1) is 16.7. The van der Waals surface area contributed by atoms with Gasteiger partial charge in [0, 0.05) is 53.4 Å². The second-order valence-electron chi connectivity index (χ2n) is 5.96. The van der Waals surface area contributed by atoms with E-state index in [2.05, 4.69) is 19.9 Å². The smallest absolute Gasteiger partial charge is 0.256 e. The molecule has 0 amide bonds. The number of nitrogens with zero attached hydrogens (tertiary/aromatic N) is 2. The van der Waals surface area contributed by atoms with Crippen LogP contribution in [0, 0.1) is 4.77 Å². The fraction of sp³-hybridized carbons (Fsp3) is 0.235. The van der Waals surface area contributed by atoms with Crippen molar-refractivity contribution in [2.45, 2.75) is 19.5 Å². The van der Waals surface area contributed by atoms with E-state index in [4.69, 9.17) is 23.8 Å². The van der Waals surface area contributed by atoms with Gasteiger partial charge in [-0.3, -0.25) is 14.7 Å². The van der Waals surface area contributed by atoms with E-state index in [1.807, 2.05) is 30.5 Å². The Morgan fingerprint density at radius 3 is 2.88 bits per heavy atom. The molecule has 128 valence electrons. The molecule has 4 rings (SSSR count). The molecule has 0 spiro atoms. The summed E-state index contributed by atoms with van der Waals surface area (Å²) in [6.45, 7) is 2.28. The van der Waals surface area contributed by atoms with Crippen LogP contribution in [0.2, 0.25) is 5.02 Å². The Kier molecular flexibility index (Phi) is 4.56. The third kappa shape index (κ3) is 3.59. The Morgan fingerprint density at radius 1 is 1.28 bits per heavy atom. The molecule has 0 radical (unpaired) electrons. The molecule has 0 aliphatic carbocycles. The van der Waals surface area contributed by atoms with Gasteiger partial charge in [-0.15, -0.1) is 11.3 Å². The molecule has 0 saturated carbocycles. The highest BCUT2D eigenvalue weighted by Gasteiger charge is 2.20. The summed E-state index contributed by atoms with van der Waals surface area (Å²) in [6, 6.07) is 7.69. The van der Waals surface area contributed by atoms with Crippen molar-refractivity contribution in [1.82, 2.24) is 19.9 Å². The highest BCUT2D eigenvalue weighted by Crippen LogP contribution is 2.27. The SMILES string of the molecule is O=c1[nH]c(=S)[nH]c2c1CN(Cc1cnc(-c3ccc(Cl)cc3)s1)CC2. The Labute approximate surface area is 158 Å². The van der Waals surface area contributed by atoms with Crippen molar-refractivity contribution >= 4 is 35.2 Å². The van der Waals surface area contributed by atoms with Crippen molar-refractivity contribution < 1.29 is 0 Å². The van der Waals surface area contributed by atoms with Crippen LogP contribution in [-0.4, -0.2) is 26.4 Å². The molecule has 0 fully saturated rings. The standard InChI is InChI=1S/C17H15ClN4OS2/c18-11-3-1-10(2-4-11)16-19-7-12(25-16)8-22-6-5-14-13(9-22)15(23)21-17(24)20-14/h1-4,7H,5-6,8-9H2,(H2,20,21,23,24). The van der Waals surface area contributed by atoms with Crippen LogP contribution in [0.3, 0.4) is 0 Å². The lowest BCUT2D eigenvalue weighted by Gasteiger charge is -2.27. The maximum absolute atomic E-state index is 12.1. The molecule has 2 N–H and O–H groups in total. The van der Waals surface area contributed by atoms with Crippen LogP contribution in [0.4, 0.5) is 0 Å². The minimum Gasteiger partial charge on any atom is -0.335 e. The Balaban J connectivity index is 1.51. The molecular weight excluding hydrogens is 376 g/mol. The van der Waals surface area contributed by atoms with Crippen molar-refractivity contribution in [2.75, 3.05) is 6.54 Å². The van der Waals surface area contributed by atoms with Gasteiger partial charge in [-0.05, 0) is 24.4 Å². The predicted octanol–water partition coefficient (Wildman–Crippen LogP) is 3.77. The third-order valence-corrected chi connectivity index (χ3v) is 5.70. The van der Waals surface area contributed by atoms with Crippen molar-refractivity contribution in [3.05, 3.63) is 66.7 Å². The summed E-state index contributed by atoms with van der Waals surface area (Å²) in [5.41, 5.74) is 2.71. The molecule has 3 heterocycles. The summed E-state index contributed by atoms with van der Waals surface area (Å²) in [5.74, 6) is 0. The summed E-state index contributed by atoms with van der Waals surface area (Å²) < 4.78 is 0.396. The zero-order chi connectivity index (χ0) is 17.4. The van der Waals surface area contributed by atoms with Crippen LogP contribution in [0.15, 0.2) is 35.3 Å². The van der Waals surface area contributed by atoms with Gasteiger partial charge >= 0.3 is 0 Å². The van der Waals surface area contributed by atoms with Crippen molar-refractivity contribution in [1.29, 1.82) is 0 Å². The second kappa shape index (κ2) is 6.84. The molecule has 5 nitrogen and oxygen atoms in total. The van der Waals surface area contributed by atoms with E-state index < -0.39 is 0 Å². The quantitative estimate of drug-likeness (QED) is 0.668. The molecule has 1 aliphatic rings. The lowest BCUT2D eigenvalue weighted by atomic mass is 10.1. The van der Waals surface area contributed by atoms with Gasteiger partial charge in [0.25, 0.3) is 5.56 Å². The molecule has 1 aliphatic heterocycles. The highest BCUT2D eigenvalue weighted by atomic mass is 35.5. The maximum Gasteiger partial charge on any atom is 0.256 e. The third-order valence-electron chi connectivity index (χ3n) is 4.21. The van der Waals surface area contributed by atoms with E-state index in [1.54, 1.807) is 11.3 Å². The van der Waals surface area contributed by atoms with Gasteiger partial charge in [-0.1, -0.05) is 23.7 Å². The Hall–Kier alpha value is -1.80. The van der Waals surface area contributed by atoms with Crippen LogP contribution in [-0.2, 0) is 19.5 Å². The van der Waals surface area contributed by atoms with Crippen LogP contribution < -0.4 is 5.56 Å². The van der Waals surface area contributed by atoms with E-state index in [0.29, 0.717) is 11.3 Å². The normalized spacial score (nSPS) is 14.4. The zero-order valence-corrected chi connectivity index (χ0v) is 15.6. The predicted molar refractivity (Wildman–Crippen MR) is 103 cm³/mol. The first-order valence-corrected chi connectivity index (χ1v) is 9.46. The topological polar surface area (TPSA) is 64.8 Å². The molecule has 2 aromatic heterocycles. The number of thiazole rings is 1. The number of aromatic amines is 2. The molecule has 3 aromatic rings. The van der Waals surface area contributed by atoms with Crippen molar-refractivity contribution in [3.63, 3.8) is 0 Å². The number of nitrogens with one attached hydrogen (secondary N) is 2. The van der Waals surface area contributed by atoms with Crippen LogP contribution in [0.1, 0.15) is 16.1 Å². The number of hydrogen-bond donors (Lipinski definition) is 2. The van der Waals surface area contributed by atoms with Gasteiger partial charge in [-0.25, -0.2) is 4.98 Å². The molecule has 0 bridgehead atoms. The first-order valence-electron chi connectivity index (χ1n) is 7.86. The summed E-state index contributed by atoms with van der Waals surface area (Å²) in [5, 5.41) is 1.70. The summed E-state index contributed by atoms with van der Waals surface area (Å²) >= 11 is 12.6. The van der Waals surface area contributed by atoms with E-state index in [1.165, 1.54) is 4.88 Å². The number of fused-ring (bicyclic) bond motifs is 1. The minimum atomic E-state index is -0.0883. The average Bonchev–Trinajstić information content (AvgIpc) is 3.04. The minimum absolute atomic E-state index is 0.0883. The summed E-state index contributed by atoms with van der Waals surface area (Å²) in [4.78, 5) is 25.8. The number of hydrogen-bond acceptors (Lipinski definition) is 5. The van der Waals surface area contributed by atoms with Gasteiger partial charge in [0.2, 0.25) is 0 Å². The number of H-pyrrole nitrogens is 2. The first-order chi connectivity index (χ1) is 12.1. The Morgan fingerprint density at radius 2 is 2.08 bits per heavy atom. The van der Waals surface area contributed by atoms with Crippen molar-refractivity contribution in [2.24, 2.45) is 0 Å². The number of rotatable bonds is 3. The number of aromatic nitrogens is 3. The Bertz CT molecular complexity index is 1020. The lowest BCUT2D eigenvalue weighted by Crippen LogP contribution is -2.35. The monoisotopic (exact) mass is 390 g/mol. The van der Waals surface area contributed by atoms with E-state index in [-0.39, 0.29) is 5.56 Å².